The van der Waals surface area contributed by atoms with Gasteiger partial charge in [-0.1, -0.05) is 206 Å². The predicted octanol–water partition coefficient (Wildman–Crippen LogP) is 18.0. The predicted molar refractivity (Wildman–Crippen MR) is 282 cm³/mol. The fourth-order valence-electron chi connectivity index (χ4n) is 10.4. The van der Waals surface area contributed by atoms with E-state index in [1.165, 1.54) is 38.2 Å². The second kappa shape index (κ2) is 16.0. The van der Waals surface area contributed by atoms with Gasteiger partial charge in [0.25, 0.3) is 0 Å². The minimum Gasteiger partial charge on any atom is -0.454 e. The maximum atomic E-state index is 6.66. The molecule has 0 radical (unpaired) electrons. The Morgan fingerprint density at radius 3 is 1.66 bits per heavy atom. The largest absolute Gasteiger partial charge is 0.454 e. The molecule has 0 unspecified atom stereocenters. The van der Waals surface area contributed by atoms with E-state index in [9.17, 15) is 0 Å². The molecule has 67 heavy (non-hydrogen) atoms. The molecular weight excluding hydrogens is 813 g/mol. The molecule has 2 aromatic heterocycles. The van der Waals surface area contributed by atoms with Gasteiger partial charge >= 0.3 is 0 Å². The number of nitrogens with zero attached hydrogens (tertiary/aromatic N) is 2. The van der Waals surface area contributed by atoms with Crippen molar-refractivity contribution in [2.75, 3.05) is 4.90 Å². The van der Waals surface area contributed by atoms with Gasteiger partial charge in [0.1, 0.15) is 5.58 Å². The molecule has 0 fully saturated rings. The van der Waals surface area contributed by atoms with Crippen molar-refractivity contribution in [3.63, 3.8) is 0 Å². The monoisotopic (exact) mass is 854 g/mol. The topological polar surface area (TPSA) is 21.3 Å². The molecule has 11 aromatic carbocycles. The Bertz CT molecular complexity index is 3970. The van der Waals surface area contributed by atoms with Crippen molar-refractivity contribution >= 4 is 71.6 Å². The molecule has 0 saturated carbocycles. The SMILES string of the molecule is c1ccc(-c2ccccc2N(c2ccc(-c3ccc(-c4cccc5ccccc45)cc3)cc2)c2ccccc2-c2cccc3c2c2ccccc2n3-c2cccc3c2oc2ccccc23)cc1. The summed E-state index contributed by atoms with van der Waals surface area (Å²) < 4.78 is 9.05. The zero-order chi connectivity index (χ0) is 44.3. The first kappa shape index (κ1) is 38.5. The van der Waals surface area contributed by atoms with Gasteiger partial charge in [0, 0.05) is 38.4 Å². The second-order valence-corrected chi connectivity index (χ2v) is 17.2. The van der Waals surface area contributed by atoms with Gasteiger partial charge in [-0.2, -0.15) is 0 Å². The van der Waals surface area contributed by atoms with Crippen LogP contribution in [0.4, 0.5) is 17.1 Å². The zero-order valence-electron chi connectivity index (χ0n) is 36.6. The summed E-state index contributed by atoms with van der Waals surface area (Å²) >= 11 is 0. The smallest absolute Gasteiger partial charge is 0.159 e. The fourth-order valence-corrected chi connectivity index (χ4v) is 10.4. The van der Waals surface area contributed by atoms with Crippen LogP contribution in [-0.4, -0.2) is 4.57 Å². The van der Waals surface area contributed by atoms with E-state index in [4.69, 9.17) is 4.42 Å². The van der Waals surface area contributed by atoms with Crippen LogP contribution >= 0.6 is 0 Å². The van der Waals surface area contributed by atoms with Crippen molar-refractivity contribution in [3.8, 4) is 50.2 Å². The number of aromatic nitrogens is 1. The van der Waals surface area contributed by atoms with E-state index in [0.29, 0.717) is 0 Å². The zero-order valence-corrected chi connectivity index (χ0v) is 36.6. The summed E-state index contributed by atoms with van der Waals surface area (Å²) in [5, 5.41) is 7.12. The van der Waals surface area contributed by atoms with Crippen molar-refractivity contribution < 1.29 is 4.42 Å². The summed E-state index contributed by atoms with van der Waals surface area (Å²) in [7, 11) is 0. The van der Waals surface area contributed by atoms with Crippen LogP contribution in [0, 0.1) is 0 Å². The minimum absolute atomic E-state index is 0.880. The first-order valence-electron chi connectivity index (χ1n) is 22.9. The van der Waals surface area contributed by atoms with E-state index >= 15 is 0 Å². The van der Waals surface area contributed by atoms with Crippen LogP contribution in [0.15, 0.2) is 259 Å². The highest BCUT2D eigenvalue weighted by molar-refractivity contribution is 6.18. The van der Waals surface area contributed by atoms with Crippen molar-refractivity contribution in [2.45, 2.75) is 0 Å². The molecule has 0 aliphatic rings. The maximum absolute atomic E-state index is 6.66. The van der Waals surface area contributed by atoms with E-state index < -0.39 is 0 Å². The molecule has 314 valence electrons. The van der Waals surface area contributed by atoms with Crippen molar-refractivity contribution in [3.05, 3.63) is 255 Å². The Hall–Kier alpha value is -8.92. The summed E-state index contributed by atoms with van der Waals surface area (Å²) in [5.74, 6) is 0. The lowest BCUT2D eigenvalue weighted by atomic mass is 9.95. The molecular formula is C64H42N2O. The minimum atomic E-state index is 0.880. The Kier molecular flexibility index (Phi) is 9.17. The van der Waals surface area contributed by atoms with Gasteiger partial charge in [0.15, 0.2) is 5.58 Å². The average Bonchev–Trinajstić information content (AvgIpc) is 3.96. The van der Waals surface area contributed by atoms with Gasteiger partial charge in [0.2, 0.25) is 0 Å². The standard InChI is InChI=1S/C64H42N2O/c1-2-17-46(18-3-1)51-22-6-10-29-57(51)65(48-41-39-44(40-42-48)43-35-37-47(38-36-43)50-26-14-20-45-19-4-5-21-49(45)50)58-30-11-7-23-52(58)54-27-15-32-60-63(54)56-25-8-12-31-59(56)66(60)61-33-16-28-55-53-24-9-13-34-62(53)67-64(55)61/h1-42H. The third kappa shape index (κ3) is 6.43. The van der Waals surface area contributed by atoms with Crippen LogP contribution in [0.25, 0.3) is 105 Å². The molecule has 0 atom stereocenters. The molecule has 2 heterocycles. The first-order valence-corrected chi connectivity index (χ1v) is 22.9. The van der Waals surface area contributed by atoms with E-state index in [2.05, 4.69) is 258 Å². The van der Waals surface area contributed by atoms with E-state index in [1.54, 1.807) is 0 Å². The lowest BCUT2D eigenvalue weighted by Gasteiger charge is -2.30. The van der Waals surface area contributed by atoms with E-state index in [1.807, 2.05) is 6.07 Å². The van der Waals surface area contributed by atoms with Crippen LogP contribution in [0.2, 0.25) is 0 Å². The molecule has 0 N–H and O–H groups in total. The maximum Gasteiger partial charge on any atom is 0.159 e. The van der Waals surface area contributed by atoms with E-state index in [-0.39, 0.29) is 0 Å². The van der Waals surface area contributed by atoms with Gasteiger partial charge in [-0.25, -0.2) is 0 Å². The third-order valence-electron chi connectivity index (χ3n) is 13.4. The highest BCUT2D eigenvalue weighted by Crippen LogP contribution is 2.48. The molecule has 0 saturated heterocycles. The van der Waals surface area contributed by atoms with Gasteiger partial charge in [-0.15, -0.1) is 0 Å². The Balaban J connectivity index is 0.977. The molecule has 13 rings (SSSR count). The lowest BCUT2D eigenvalue weighted by molar-refractivity contribution is 0.666. The van der Waals surface area contributed by atoms with Crippen LogP contribution in [0.5, 0.6) is 0 Å². The molecule has 0 aliphatic carbocycles. The number of benzene rings is 11. The number of rotatable bonds is 8. The number of para-hydroxylation sites is 5. The van der Waals surface area contributed by atoms with Gasteiger partial charge < -0.3 is 13.9 Å². The Morgan fingerprint density at radius 1 is 0.313 bits per heavy atom. The third-order valence-corrected chi connectivity index (χ3v) is 13.4. The summed E-state index contributed by atoms with van der Waals surface area (Å²) in [6.45, 7) is 0. The van der Waals surface area contributed by atoms with Gasteiger partial charge in [-0.3, -0.25) is 0 Å². The lowest BCUT2D eigenvalue weighted by Crippen LogP contribution is -2.12. The molecule has 0 aliphatic heterocycles. The van der Waals surface area contributed by atoms with Crippen molar-refractivity contribution in [2.24, 2.45) is 0 Å². The molecule has 3 heteroatoms. The molecule has 0 amide bonds. The van der Waals surface area contributed by atoms with Crippen molar-refractivity contribution in [1.29, 1.82) is 0 Å². The quantitative estimate of drug-likeness (QED) is 0.152. The highest BCUT2D eigenvalue weighted by atomic mass is 16.3. The summed E-state index contributed by atoms with van der Waals surface area (Å²) in [6.07, 6.45) is 0. The Labute approximate surface area is 388 Å². The number of hydrogen-bond acceptors (Lipinski definition) is 2. The summed E-state index contributed by atoms with van der Waals surface area (Å²) in [6, 6.07) is 91.9. The molecule has 0 spiro atoms. The van der Waals surface area contributed by atoms with Gasteiger partial charge in [0.05, 0.1) is 28.1 Å². The highest BCUT2D eigenvalue weighted by Gasteiger charge is 2.24. The van der Waals surface area contributed by atoms with E-state index in [0.717, 1.165) is 83.5 Å². The molecule has 0 bridgehead atoms. The van der Waals surface area contributed by atoms with Crippen LogP contribution < -0.4 is 4.90 Å². The summed E-state index contributed by atoms with van der Waals surface area (Å²) in [4.78, 5) is 2.44. The van der Waals surface area contributed by atoms with Crippen LogP contribution in [-0.2, 0) is 0 Å². The number of anilines is 3. The molecule has 3 nitrogen and oxygen atoms in total. The number of fused-ring (bicyclic) bond motifs is 7. The van der Waals surface area contributed by atoms with Crippen LogP contribution in [0.3, 0.4) is 0 Å². The molecule has 13 aromatic rings. The first-order chi connectivity index (χ1) is 33.3. The summed E-state index contributed by atoms with van der Waals surface area (Å²) in [5.41, 5.74) is 17.7. The number of hydrogen-bond donors (Lipinski definition) is 0. The fraction of sp³-hybridized carbons (Fsp3) is 0. The number of furan rings is 1. The average molecular weight is 855 g/mol. The van der Waals surface area contributed by atoms with Crippen LogP contribution in [0.1, 0.15) is 0 Å². The Morgan fingerprint density at radius 2 is 0.836 bits per heavy atom. The van der Waals surface area contributed by atoms with Crippen molar-refractivity contribution in [1.82, 2.24) is 4.57 Å². The second-order valence-electron chi connectivity index (χ2n) is 17.2. The normalized spacial score (nSPS) is 11.6. The van der Waals surface area contributed by atoms with Gasteiger partial charge in [-0.05, 0) is 92.7 Å².